The second-order valence-corrected chi connectivity index (χ2v) is 6.75. The molecule has 0 bridgehead atoms. The van der Waals surface area contributed by atoms with Crippen molar-refractivity contribution in [3.05, 3.63) is 23.2 Å². The number of hydrogen-bond donors (Lipinski definition) is 1. The molecule has 2 heterocycles. The van der Waals surface area contributed by atoms with Crippen LogP contribution in [-0.4, -0.2) is 55.3 Å². The molecule has 1 aromatic heterocycles. The number of nitrogens with one attached hydrogen (secondary N) is 1. The second kappa shape index (κ2) is 7.78. The van der Waals surface area contributed by atoms with E-state index in [-0.39, 0.29) is 18.2 Å². The van der Waals surface area contributed by atoms with Crippen molar-refractivity contribution in [3.63, 3.8) is 0 Å². The average molecular weight is 392 g/mol. The predicted octanol–water partition coefficient (Wildman–Crippen LogP) is 1.72. The van der Waals surface area contributed by atoms with Gasteiger partial charge >= 0.3 is 0 Å². The number of carbonyl (C=O) groups is 2. The van der Waals surface area contributed by atoms with Crippen molar-refractivity contribution >= 4 is 28.3 Å². The molecule has 1 aliphatic rings. The first-order valence-electron chi connectivity index (χ1n) is 8.13. The molecule has 0 spiro atoms. The van der Waals surface area contributed by atoms with Crippen molar-refractivity contribution < 1.29 is 23.8 Å². The third-order valence-corrected chi connectivity index (χ3v) is 5.17. The molecule has 0 saturated carbocycles. The fourth-order valence-corrected chi connectivity index (χ4v) is 3.76. The monoisotopic (exact) mass is 392 g/mol. The predicted molar refractivity (Wildman–Crippen MR) is 98.3 cm³/mol. The third kappa shape index (κ3) is 3.39. The summed E-state index contributed by atoms with van der Waals surface area (Å²) in [6.07, 6.45) is 0.0866. The first-order valence-corrected chi connectivity index (χ1v) is 9.01. The minimum atomic E-state index is -0.613. The van der Waals surface area contributed by atoms with Crippen LogP contribution in [0.3, 0.4) is 0 Å². The van der Waals surface area contributed by atoms with E-state index in [9.17, 15) is 9.59 Å². The zero-order valence-electron chi connectivity index (χ0n) is 15.4. The average Bonchev–Trinajstić information content (AvgIpc) is 3.28. The summed E-state index contributed by atoms with van der Waals surface area (Å²) in [6, 6.07) is 3.00. The van der Waals surface area contributed by atoms with E-state index in [1.807, 2.05) is 0 Å². The number of ether oxygens (including phenoxy) is 3. The summed E-state index contributed by atoms with van der Waals surface area (Å²) in [5.41, 5.74) is 2.19. The highest BCUT2D eigenvalue weighted by atomic mass is 32.1. The van der Waals surface area contributed by atoms with E-state index >= 15 is 0 Å². The topological polar surface area (TPSA) is 103 Å². The molecule has 2 amide bonds. The number of aromatic nitrogens is 2. The SMILES string of the molecule is COc1ccc([C@@H]2[C@H](C(=O)Nc3nncs3)CC(=O)N2C)c(OC)c1OC. The molecule has 2 atom stereocenters. The third-order valence-electron chi connectivity index (χ3n) is 4.57. The lowest BCUT2D eigenvalue weighted by Gasteiger charge is -2.27. The van der Waals surface area contributed by atoms with Gasteiger partial charge < -0.3 is 24.4 Å². The summed E-state index contributed by atoms with van der Waals surface area (Å²) in [7, 11) is 6.21. The van der Waals surface area contributed by atoms with Gasteiger partial charge in [-0.1, -0.05) is 11.3 Å². The van der Waals surface area contributed by atoms with Gasteiger partial charge in [0.1, 0.15) is 5.51 Å². The molecular formula is C17H20N4O5S. The molecule has 0 radical (unpaired) electrons. The van der Waals surface area contributed by atoms with Gasteiger partial charge in [0.05, 0.1) is 33.3 Å². The summed E-state index contributed by atoms with van der Waals surface area (Å²) < 4.78 is 16.3. The van der Waals surface area contributed by atoms with Crippen molar-refractivity contribution in [1.82, 2.24) is 15.1 Å². The lowest BCUT2D eigenvalue weighted by Crippen LogP contribution is -2.30. The normalized spacial score (nSPS) is 19.1. The number of benzene rings is 1. The van der Waals surface area contributed by atoms with Crippen molar-refractivity contribution in [2.24, 2.45) is 5.92 Å². The Morgan fingerprint density at radius 3 is 2.56 bits per heavy atom. The van der Waals surface area contributed by atoms with Crippen molar-refractivity contribution in [3.8, 4) is 17.2 Å². The first-order chi connectivity index (χ1) is 13.0. The van der Waals surface area contributed by atoms with Crippen LogP contribution in [-0.2, 0) is 9.59 Å². The van der Waals surface area contributed by atoms with E-state index < -0.39 is 12.0 Å². The maximum atomic E-state index is 12.8. The molecule has 1 N–H and O–H groups in total. The Bertz CT molecular complexity index is 842. The number of rotatable bonds is 6. The molecule has 1 aromatic carbocycles. The quantitative estimate of drug-likeness (QED) is 0.798. The highest BCUT2D eigenvalue weighted by Gasteiger charge is 2.44. The van der Waals surface area contributed by atoms with Crippen LogP contribution in [0.2, 0.25) is 0 Å². The molecule has 2 aromatic rings. The summed E-state index contributed by atoms with van der Waals surface area (Å²) >= 11 is 1.21. The van der Waals surface area contributed by atoms with E-state index in [0.29, 0.717) is 27.9 Å². The van der Waals surface area contributed by atoms with Gasteiger partial charge in [-0.2, -0.15) is 0 Å². The number of likely N-dealkylation sites (tertiary alicyclic amines) is 1. The van der Waals surface area contributed by atoms with Gasteiger partial charge in [-0.3, -0.25) is 9.59 Å². The number of carbonyl (C=O) groups excluding carboxylic acids is 2. The zero-order chi connectivity index (χ0) is 19.6. The van der Waals surface area contributed by atoms with Crippen LogP contribution in [0.15, 0.2) is 17.6 Å². The summed E-state index contributed by atoms with van der Waals surface area (Å²) in [4.78, 5) is 26.7. The fourth-order valence-electron chi connectivity index (χ4n) is 3.31. The van der Waals surface area contributed by atoms with Gasteiger partial charge in [0, 0.05) is 19.0 Å². The number of nitrogens with zero attached hydrogens (tertiary/aromatic N) is 3. The van der Waals surface area contributed by atoms with Crippen LogP contribution in [0.1, 0.15) is 18.0 Å². The maximum Gasteiger partial charge on any atom is 0.232 e. The summed E-state index contributed by atoms with van der Waals surface area (Å²) in [5.74, 6) is 0.296. The lowest BCUT2D eigenvalue weighted by atomic mass is 9.92. The van der Waals surface area contributed by atoms with E-state index in [1.165, 1.54) is 38.2 Å². The van der Waals surface area contributed by atoms with Gasteiger partial charge in [-0.15, -0.1) is 10.2 Å². The molecule has 9 nitrogen and oxygen atoms in total. The second-order valence-electron chi connectivity index (χ2n) is 5.92. The van der Waals surface area contributed by atoms with Crippen LogP contribution < -0.4 is 19.5 Å². The molecule has 1 saturated heterocycles. The number of amides is 2. The van der Waals surface area contributed by atoms with E-state index in [2.05, 4.69) is 15.5 Å². The van der Waals surface area contributed by atoms with E-state index in [4.69, 9.17) is 14.2 Å². The van der Waals surface area contributed by atoms with E-state index in [1.54, 1.807) is 24.1 Å². The van der Waals surface area contributed by atoms with Crippen LogP contribution in [0.25, 0.3) is 0 Å². The summed E-state index contributed by atoms with van der Waals surface area (Å²) in [6.45, 7) is 0. The van der Waals surface area contributed by atoms with Crippen molar-refractivity contribution in [2.45, 2.75) is 12.5 Å². The summed E-state index contributed by atoms with van der Waals surface area (Å²) in [5, 5.41) is 10.6. The van der Waals surface area contributed by atoms with Crippen molar-refractivity contribution in [2.75, 3.05) is 33.7 Å². The van der Waals surface area contributed by atoms with Crippen molar-refractivity contribution in [1.29, 1.82) is 0 Å². The van der Waals surface area contributed by atoms with Gasteiger partial charge in [-0.25, -0.2) is 0 Å². The zero-order valence-corrected chi connectivity index (χ0v) is 16.2. The van der Waals surface area contributed by atoms with Gasteiger partial charge in [0.15, 0.2) is 11.5 Å². The van der Waals surface area contributed by atoms with Gasteiger partial charge in [0.25, 0.3) is 0 Å². The molecule has 1 aliphatic heterocycles. The number of methoxy groups -OCH3 is 3. The maximum absolute atomic E-state index is 12.8. The van der Waals surface area contributed by atoms with Crippen LogP contribution >= 0.6 is 11.3 Å². The van der Waals surface area contributed by atoms with Crippen LogP contribution in [0, 0.1) is 5.92 Å². The minimum absolute atomic E-state index is 0.0866. The molecular weight excluding hydrogens is 372 g/mol. The smallest absolute Gasteiger partial charge is 0.232 e. The Hall–Kier alpha value is -2.88. The fraction of sp³-hybridized carbons (Fsp3) is 0.412. The molecule has 0 aliphatic carbocycles. The van der Waals surface area contributed by atoms with E-state index in [0.717, 1.165) is 0 Å². The Morgan fingerprint density at radius 2 is 1.96 bits per heavy atom. The Kier molecular flexibility index (Phi) is 5.45. The van der Waals surface area contributed by atoms with Crippen LogP contribution in [0.5, 0.6) is 17.2 Å². The molecule has 144 valence electrons. The Balaban J connectivity index is 2.01. The number of anilines is 1. The lowest BCUT2D eigenvalue weighted by molar-refractivity contribution is -0.128. The molecule has 0 unspecified atom stereocenters. The van der Waals surface area contributed by atoms with Gasteiger partial charge in [-0.05, 0) is 12.1 Å². The molecule has 1 fully saturated rings. The Morgan fingerprint density at radius 1 is 1.22 bits per heavy atom. The Labute approximate surface area is 160 Å². The highest BCUT2D eigenvalue weighted by Crippen LogP contribution is 2.47. The molecule has 27 heavy (non-hydrogen) atoms. The van der Waals surface area contributed by atoms with Gasteiger partial charge in [0.2, 0.25) is 22.7 Å². The molecule has 10 heteroatoms. The molecule has 3 rings (SSSR count). The first kappa shape index (κ1) is 18.9. The minimum Gasteiger partial charge on any atom is -0.493 e. The number of hydrogen-bond acceptors (Lipinski definition) is 8. The highest BCUT2D eigenvalue weighted by molar-refractivity contribution is 7.13. The standard InChI is InChI=1S/C17H20N4O5S/c1-21-12(22)7-10(16(23)19-17-20-18-8-27-17)13(21)9-5-6-11(24-2)15(26-4)14(9)25-3/h5-6,8,10,13H,7H2,1-4H3,(H,19,20,23)/t10-,13-/m1/s1. The largest absolute Gasteiger partial charge is 0.493 e. The van der Waals surface area contributed by atoms with Crippen LogP contribution in [0.4, 0.5) is 5.13 Å².